The second-order valence-electron chi connectivity index (χ2n) is 2.72. The first-order valence-corrected chi connectivity index (χ1v) is 4.84. The maximum absolute atomic E-state index is 13.1. The maximum atomic E-state index is 13.1. The lowest BCUT2D eigenvalue weighted by Crippen LogP contribution is -2.05. The van der Waals surface area contributed by atoms with E-state index in [0.29, 0.717) is 0 Å². The van der Waals surface area contributed by atoms with Gasteiger partial charge in [-0.05, 0) is 28.7 Å². The molecule has 0 saturated carbocycles. The third kappa shape index (κ3) is 2.85. The Hall–Kier alpha value is -1.25. The lowest BCUT2D eigenvalue weighted by Gasteiger charge is -2.01. The smallest absolute Gasteiger partial charge is 0.308 e. The highest BCUT2D eigenvalue weighted by atomic mass is 127. The van der Waals surface area contributed by atoms with Crippen LogP contribution >= 0.6 is 22.6 Å². The van der Waals surface area contributed by atoms with Crippen molar-refractivity contribution in [1.29, 1.82) is 0 Å². The number of hydrogen-bond acceptors (Lipinski definition) is 3. The van der Waals surface area contributed by atoms with Gasteiger partial charge in [-0.2, -0.15) is 0 Å². The van der Waals surface area contributed by atoms with Gasteiger partial charge in [0.1, 0.15) is 5.82 Å². The second kappa shape index (κ2) is 4.51. The van der Waals surface area contributed by atoms with Crippen molar-refractivity contribution in [3.63, 3.8) is 0 Å². The molecule has 0 amide bonds. The summed E-state index contributed by atoms with van der Waals surface area (Å²) in [6, 6.07) is 1.90. The molecule has 0 bridgehead atoms. The number of benzene rings is 1. The van der Waals surface area contributed by atoms with Crippen LogP contribution in [-0.4, -0.2) is 16.0 Å². The molecule has 0 unspecified atom stereocenters. The average Bonchev–Trinajstić information content (AvgIpc) is 2.09. The summed E-state index contributed by atoms with van der Waals surface area (Å²) in [5.41, 5.74) is -0.506. The largest absolute Gasteiger partial charge is 0.481 e. The van der Waals surface area contributed by atoms with Gasteiger partial charge in [0.05, 0.1) is 14.9 Å². The minimum atomic E-state index is -1.24. The molecule has 0 atom stereocenters. The molecule has 0 aliphatic heterocycles. The number of nitro groups is 1. The molecule has 0 radical (unpaired) electrons. The minimum Gasteiger partial charge on any atom is -0.481 e. The van der Waals surface area contributed by atoms with Crippen LogP contribution in [0.3, 0.4) is 0 Å². The van der Waals surface area contributed by atoms with Gasteiger partial charge in [0, 0.05) is 11.6 Å². The van der Waals surface area contributed by atoms with Crippen LogP contribution in [0.1, 0.15) is 5.56 Å². The third-order valence-corrected chi connectivity index (χ3v) is 2.49. The minimum absolute atomic E-state index is 0.0911. The van der Waals surface area contributed by atoms with Gasteiger partial charge in [0.2, 0.25) is 0 Å². The lowest BCUT2D eigenvalue weighted by molar-refractivity contribution is -0.385. The number of hydrogen-bond donors (Lipinski definition) is 1. The van der Waals surface area contributed by atoms with E-state index < -0.39 is 23.1 Å². The van der Waals surface area contributed by atoms with Crippen LogP contribution in [0.15, 0.2) is 12.1 Å². The van der Waals surface area contributed by atoms with Gasteiger partial charge in [-0.3, -0.25) is 14.9 Å². The van der Waals surface area contributed by atoms with Crippen molar-refractivity contribution in [2.24, 2.45) is 0 Å². The Morgan fingerprint density at radius 2 is 2.20 bits per heavy atom. The van der Waals surface area contributed by atoms with E-state index in [2.05, 4.69) is 0 Å². The lowest BCUT2D eigenvalue weighted by atomic mass is 10.1. The predicted octanol–water partition coefficient (Wildman–Crippen LogP) is 1.97. The Bertz CT molecular complexity index is 435. The molecule has 0 aromatic heterocycles. The zero-order valence-corrected chi connectivity index (χ0v) is 9.39. The van der Waals surface area contributed by atoms with Crippen molar-refractivity contribution in [3.05, 3.63) is 37.2 Å². The maximum Gasteiger partial charge on any atom is 0.308 e. The zero-order valence-electron chi connectivity index (χ0n) is 7.24. The van der Waals surface area contributed by atoms with Crippen molar-refractivity contribution < 1.29 is 19.2 Å². The quantitative estimate of drug-likeness (QED) is 0.523. The first-order chi connectivity index (χ1) is 6.91. The molecule has 1 aromatic carbocycles. The number of nitrogens with zero attached hydrogens (tertiary/aromatic N) is 1. The van der Waals surface area contributed by atoms with Gasteiger partial charge in [-0.15, -0.1) is 0 Å². The molecular formula is C8H5FINO4. The van der Waals surface area contributed by atoms with E-state index in [4.69, 9.17) is 5.11 Å². The molecule has 7 heteroatoms. The van der Waals surface area contributed by atoms with Gasteiger partial charge in [-0.25, -0.2) is 4.39 Å². The van der Waals surface area contributed by atoms with Crippen LogP contribution in [0.5, 0.6) is 0 Å². The van der Waals surface area contributed by atoms with E-state index in [1.807, 2.05) is 0 Å². The van der Waals surface area contributed by atoms with Gasteiger partial charge < -0.3 is 5.11 Å². The summed E-state index contributed by atoms with van der Waals surface area (Å²) in [4.78, 5) is 20.2. The van der Waals surface area contributed by atoms with Crippen LogP contribution in [0.4, 0.5) is 10.1 Å². The molecule has 5 nitrogen and oxygen atoms in total. The fourth-order valence-electron chi connectivity index (χ4n) is 1.05. The summed E-state index contributed by atoms with van der Waals surface area (Å²) in [6.45, 7) is 0. The predicted molar refractivity (Wildman–Crippen MR) is 57.1 cm³/mol. The summed E-state index contributed by atoms with van der Waals surface area (Å²) in [5.74, 6) is -1.89. The van der Waals surface area contributed by atoms with Crippen molar-refractivity contribution in [2.45, 2.75) is 6.42 Å². The summed E-state index contributed by atoms with van der Waals surface area (Å²) in [5, 5.41) is 19.0. The molecule has 0 fully saturated rings. The molecule has 1 aromatic rings. The topological polar surface area (TPSA) is 80.4 Å². The van der Waals surface area contributed by atoms with E-state index in [1.165, 1.54) is 0 Å². The molecule has 1 rings (SSSR count). The summed E-state index contributed by atoms with van der Waals surface area (Å²) < 4.78 is 13.1. The van der Waals surface area contributed by atoms with Crippen LogP contribution in [-0.2, 0) is 11.2 Å². The van der Waals surface area contributed by atoms with Crippen LogP contribution in [0, 0.1) is 19.5 Å². The van der Waals surface area contributed by atoms with E-state index >= 15 is 0 Å². The molecule has 0 heterocycles. The fourth-order valence-corrected chi connectivity index (χ4v) is 1.50. The Morgan fingerprint density at radius 1 is 1.60 bits per heavy atom. The van der Waals surface area contributed by atoms with Gasteiger partial charge in [0.15, 0.2) is 0 Å². The third-order valence-electron chi connectivity index (χ3n) is 1.66. The number of carboxylic acid groups (broad SMARTS) is 1. The molecule has 0 aliphatic rings. The first-order valence-electron chi connectivity index (χ1n) is 3.76. The van der Waals surface area contributed by atoms with Gasteiger partial charge >= 0.3 is 5.97 Å². The number of halogens is 2. The summed E-state index contributed by atoms with van der Waals surface area (Å²) >= 11 is 1.61. The Morgan fingerprint density at radius 3 is 2.67 bits per heavy atom. The number of aliphatic carboxylic acids is 1. The number of carboxylic acids is 1. The summed E-state index contributed by atoms with van der Waals surface area (Å²) in [6.07, 6.45) is -0.565. The Balaban J connectivity index is 3.28. The Kier molecular flexibility index (Phi) is 3.56. The molecular weight excluding hydrogens is 320 g/mol. The van der Waals surface area contributed by atoms with Crippen molar-refractivity contribution >= 4 is 34.2 Å². The van der Waals surface area contributed by atoms with Crippen molar-refractivity contribution in [2.75, 3.05) is 0 Å². The molecule has 1 N–H and O–H groups in total. The monoisotopic (exact) mass is 325 g/mol. The average molecular weight is 325 g/mol. The highest BCUT2D eigenvalue weighted by Crippen LogP contribution is 2.24. The van der Waals surface area contributed by atoms with E-state index in [1.54, 1.807) is 22.6 Å². The number of rotatable bonds is 3. The van der Waals surface area contributed by atoms with Crippen molar-refractivity contribution in [1.82, 2.24) is 0 Å². The van der Waals surface area contributed by atoms with Crippen molar-refractivity contribution in [3.8, 4) is 0 Å². The van der Waals surface area contributed by atoms with Crippen LogP contribution < -0.4 is 0 Å². The fraction of sp³-hybridized carbons (Fsp3) is 0.125. The standard InChI is InChI=1S/C8H5FINO4/c9-5-1-4(2-8(12)13)7(11(14)15)3-6(5)10/h1,3H,2H2,(H,12,13). The molecule has 80 valence electrons. The Labute approximate surface area is 97.2 Å². The van der Waals surface area contributed by atoms with E-state index in [9.17, 15) is 19.3 Å². The van der Waals surface area contributed by atoms with Crippen LogP contribution in [0.25, 0.3) is 0 Å². The highest BCUT2D eigenvalue weighted by Gasteiger charge is 2.19. The van der Waals surface area contributed by atoms with Crippen LogP contribution in [0.2, 0.25) is 0 Å². The molecule has 0 spiro atoms. The molecule has 0 saturated heterocycles. The van der Waals surface area contributed by atoms with E-state index in [0.717, 1.165) is 12.1 Å². The number of nitro benzene ring substituents is 1. The first kappa shape index (κ1) is 11.8. The molecule has 15 heavy (non-hydrogen) atoms. The summed E-state index contributed by atoms with van der Waals surface area (Å²) in [7, 11) is 0. The van der Waals surface area contributed by atoms with E-state index in [-0.39, 0.29) is 14.8 Å². The highest BCUT2D eigenvalue weighted by molar-refractivity contribution is 14.1. The normalized spacial score (nSPS) is 10.0. The number of carbonyl (C=O) groups is 1. The second-order valence-corrected chi connectivity index (χ2v) is 3.88. The SMILES string of the molecule is O=C(O)Cc1cc(F)c(I)cc1[N+](=O)[O-]. The van der Waals surface area contributed by atoms with Gasteiger partial charge in [-0.1, -0.05) is 0 Å². The van der Waals surface area contributed by atoms with Gasteiger partial charge in [0.25, 0.3) is 5.69 Å². The molecule has 0 aliphatic carbocycles. The zero-order chi connectivity index (χ0) is 11.6.